The van der Waals surface area contributed by atoms with E-state index in [-0.39, 0.29) is 29.1 Å². The molecule has 184 valence electrons. The summed E-state index contributed by atoms with van der Waals surface area (Å²) in [6.45, 7) is 1.73. The summed E-state index contributed by atoms with van der Waals surface area (Å²) >= 11 is 0. The van der Waals surface area contributed by atoms with Crippen molar-refractivity contribution in [1.82, 2.24) is 34.6 Å². The quantitative estimate of drug-likeness (QED) is 0.275. The summed E-state index contributed by atoms with van der Waals surface area (Å²) in [5.41, 5.74) is 1.92. The number of carbonyl (C=O) groups is 1. The molecule has 36 heavy (non-hydrogen) atoms. The molecule has 3 aromatic heterocycles. The molecule has 0 spiro atoms. The monoisotopic (exact) mass is 506 g/mol. The third kappa shape index (κ3) is 5.01. The molecule has 0 bridgehead atoms. The van der Waals surface area contributed by atoms with E-state index in [4.69, 9.17) is 4.52 Å². The number of hydrogen-bond acceptors (Lipinski definition) is 8. The normalized spacial score (nSPS) is 11.7. The second-order valence-corrected chi connectivity index (χ2v) is 9.69. The van der Waals surface area contributed by atoms with Gasteiger partial charge in [0.2, 0.25) is 15.9 Å². The standard InChI is InChI=1S/C23H22N8O4S/c1-15(32)27-16-6-8-17(9-7-16)36(33,34)26-14-21-28-23(35-30-21)22-18-4-2-3-5-19(18)29-31(22)13-10-20-24-11-12-25-20/h2-9,11-12,26H,10,13-14H2,1H3,(H,24,25)(H,27,32). The smallest absolute Gasteiger partial charge is 0.276 e. The highest BCUT2D eigenvalue weighted by molar-refractivity contribution is 7.89. The van der Waals surface area contributed by atoms with E-state index < -0.39 is 10.0 Å². The Morgan fingerprint density at radius 3 is 2.69 bits per heavy atom. The lowest BCUT2D eigenvalue weighted by atomic mass is 10.2. The fourth-order valence-electron chi connectivity index (χ4n) is 3.70. The van der Waals surface area contributed by atoms with Crippen LogP contribution in [0, 0.1) is 0 Å². The Hall–Kier alpha value is -4.36. The van der Waals surface area contributed by atoms with E-state index in [9.17, 15) is 13.2 Å². The first kappa shape index (κ1) is 23.4. The van der Waals surface area contributed by atoms with Crippen molar-refractivity contribution in [2.75, 3.05) is 5.32 Å². The van der Waals surface area contributed by atoms with Crippen LogP contribution in [-0.4, -0.2) is 44.2 Å². The summed E-state index contributed by atoms with van der Waals surface area (Å²) in [7, 11) is -3.84. The number of aromatic nitrogens is 6. The van der Waals surface area contributed by atoms with Crippen molar-refractivity contribution in [3.8, 4) is 11.6 Å². The third-order valence-corrected chi connectivity index (χ3v) is 6.75. The van der Waals surface area contributed by atoms with Gasteiger partial charge in [0.15, 0.2) is 5.82 Å². The van der Waals surface area contributed by atoms with Crippen LogP contribution in [0.5, 0.6) is 0 Å². The molecule has 0 atom stereocenters. The molecule has 5 rings (SSSR count). The Balaban J connectivity index is 1.34. The summed E-state index contributed by atoms with van der Waals surface area (Å²) in [4.78, 5) is 22.9. The summed E-state index contributed by atoms with van der Waals surface area (Å²) in [6, 6.07) is 13.4. The van der Waals surface area contributed by atoms with Crippen LogP contribution in [0.4, 0.5) is 5.69 Å². The zero-order valence-electron chi connectivity index (χ0n) is 19.2. The van der Waals surface area contributed by atoms with Crippen molar-refractivity contribution >= 4 is 32.5 Å². The van der Waals surface area contributed by atoms with Gasteiger partial charge < -0.3 is 14.8 Å². The van der Waals surface area contributed by atoms with Gasteiger partial charge in [-0.25, -0.2) is 18.1 Å². The lowest BCUT2D eigenvalue weighted by Gasteiger charge is -2.06. The molecular weight excluding hydrogens is 484 g/mol. The molecule has 12 nitrogen and oxygen atoms in total. The SMILES string of the molecule is CC(=O)Nc1ccc(S(=O)(=O)NCc2noc(-c3c4ccccc4nn3CCc3ncc[nH]3)n2)cc1. The minimum atomic E-state index is -3.84. The summed E-state index contributed by atoms with van der Waals surface area (Å²) in [5, 5.41) is 12.0. The van der Waals surface area contributed by atoms with E-state index in [2.05, 4.69) is 35.2 Å². The van der Waals surface area contributed by atoms with Crippen molar-refractivity contribution in [2.45, 2.75) is 31.3 Å². The van der Waals surface area contributed by atoms with Crippen LogP contribution in [0.1, 0.15) is 18.6 Å². The molecule has 2 aromatic carbocycles. The molecule has 0 saturated heterocycles. The van der Waals surface area contributed by atoms with Crippen LogP contribution in [0.3, 0.4) is 0 Å². The number of sulfonamides is 1. The number of hydrogen-bond donors (Lipinski definition) is 3. The molecule has 3 heterocycles. The van der Waals surface area contributed by atoms with Gasteiger partial charge in [0, 0.05) is 43.4 Å². The molecule has 0 aliphatic heterocycles. The molecular formula is C23H22N8O4S. The van der Waals surface area contributed by atoms with E-state index in [1.54, 1.807) is 17.1 Å². The first-order valence-corrected chi connectivity index (χ1v) is 12.5. The highest BCUT2D eigenvalue weighted by Gasteiger charge is 2.21. The first-order valence-electron chi connectivity index (χ1n) is 11.0. The highest BCUT2D eigenvalue weighted by Crippen LogP contribution is 2.28. The second kappa shape index (κ2) is 9.71. The lowest BCUT2D eigenvalue weighted by molar-refractivity contribution is -0.114. The van der Waals surface area contributed by atoms with Gasteiger partial charge in [0.05, 0.1) is 17.0 Å². The average molecular weight is 507 g/mol. The number of rotatable bonds is 9. The molecule has 3 N–H and O–H groups in total. The lowest BCUT2D eigenvalue weighted by Crippen LogP contribution is -2.23. The van der Waals surface area contributed by atoms with Crippen molar-refractivity contribution in [2.24, 2.45) is 0 Å². The number of amides is 1. The van der Waals surface area contributed by atoms with Gasteiger partial charge in [-0.1, -0.05) is 23.4 Å². The Morgan fingerprint density at radius 2 is 1.94 bits per heavy atom. The van der Waals surface area contributed by atoms with Crippen molar-refractivity contribution < 1.29 is 17.7 Å². The number of aromatic amines is 1. The number of fused-ring (bicyclic) bond motifs is 1. The second-order valence-electron chi connectivity index (χ2n) is 7.92. The Bertz CT molecular complexity index is 1610. The van der Waals surface area contributed by atoms with Gasteiger partial charge >= 0.3 is 0 Å². The van der Waals surface area contributed by atoms with E-state index in [0.29, 0.717) is 24.3 Å². The van der Waals surface area contributed by atoms with E-state index in [1.807, 2.05) is 24.3 Å². The predicted octanol–water partition coefficient (Wildman–Crippen LogP) is 2.49. The molecule has 5 aromatic rings. The van der Waals surface area contributed by atoms with Gasteiger partial charge in [0.1, 0.15) is 11.5 Å². The molecule has 1 amide bonds. The maximum atomic E-state index is 12.7. The number of H-pyrrole nitrogens is 1. The van der Waals surface area contributed by atoms with Crippen LogP contribution < -0.4 is 10.0 Å². The largest absolute Gasteiger partial charge is 0.349 e. The van der Waals surface area contributed by atoms with Crippen molar-refractivity contribution in [3.05, 3.63) is 72.6 Å². The van der Waals surface area contributed by atoms with E-state index in [0.717, 1.165) is 16.7 Å². The average Bonchev–Trinajstić information content (AvgIpc) is 3.61. The summed E-state index contributed by atoms with van der Waals surface area (Å²) in [6.07, 6.45) is 4.08. The topological polar surface area (TPSA) is 161 Å². The van der Waals surface area contributed by atoms with E-state index in [1.165, 1.54) is 31.2 Å². The predicted molar refractivity (Wildman–Crippen MR) is 130 cm³/mol. The first-order chi connectivity index (χ1) is 17.4. The Morgan fingerprint density at radius 1 is 1.14 bits per heavy atom. The van der Waals surface area contributed by atoms with Crippen LogP contribution in [0.15, 0.2) is 70.3 Å². The van der Waals surface area contributed by atoms with Crippen LogP contribution in [0.2, 0.25) is 0 Å². The van der Waals surface area contributed by atoms with Crippen LogP contribution >= 0.6 is 0 Å². The molecule has 0 fully saturated rings. The van der Waals surface area contributed by atoms with Crippen molar-refractivity contribution in [3.63, 3.8) is 0 Å². The Kier molecular flexibility index (Phi) is 6.31. The number of aryl methyl sites for hydroxylation is 2. The zero-order chi connectivity index (χ0) is 25.1. The number of nitrogens with one attached hydrogen (secondary N) is 3. The minimum absolute atomic E-state index is 0.0438. The van der Waals surface area contributed by atoms with Gasteiger partial charge in [-0.05, 0) is 30.3 Å². The van der Waals surface area contributed by atoms with Crippen LogP contribution in [-0.2, 0) is 34.3 Å². The Labute approximate surface area is 205 Å². The molecule has 0 unspecified atom stereocenters. The number of benzene rings is 2. The molecule has 0 radical (unpaired) electrons. The molecule has 13 heteroatoms. The highest BCUT2D eigenvalue weighted by atomic mass is 32.2. The number of anilines is 1. The maximum absolute atomic E-state index is 12.7. The summed E-state index contributed by atoms with van der Waals surface area (Å²) < 4.78 is 35.1. The molecule has 0 aliphatic rings. The molecule has 0 saturated carbocycles. The van der Waals surface area contributed by atoms with Crippen molar-refractivity contribution in [1.29, 1.82) is 0 Å². The third-order valence-electron chi connectivity index (χ3n) is 5.34. The number of carbonyl (C=O) groups excluding carboxylic acids is 1. The summed E-state index contributed by atoms with van der Waals surface area (Å²) in [5.74, 6) is 0.987. The van der Waals surface area contributed by atoms with E-state index >= 15 is 0 Å². The number of nitrogens with zero attached hydrogens (tertiary/aromatic N) is 5. The van der Waals surface area contributed by atoms with Gasteiger partial charge in [0.25, 0.3) is 5.89 Å². The van der Waals surface area contributed by atoms with Gasteiger partial charge in [-0.15, -0.1) is 0 Å². The number of imidazole rings is 1. The van der Waals surface area contributed by atoms with Gasteiger partial charge in [-0.2, -0.15) is 10.1 Å². The molecule has 0 aliphatic carbocycles. The zero-order valence-corrected chi connectivity index (χ0v) is 20.0. The minimum Gasteiger partial charge on any atom is -0.349 e. The maximum Gasteiger partial charge on any atom is 0.276 e. The van der Waals surface area contributed by atoms with Gasteiger partial charge in [-0.3, -0.25) is 9.48 Å². The van der Waals surface area contributed by atoms with Crippen LogP contribution in [0.25, 0.3) is 22.5 Å². The fraction of sp³-hybridized carbons (Fsp3) is 0.174. The fourth-order valence-corrected chi connectivity index (χ4v) is 4.68.